The predicted octanol–water partition coefficient (Wildman–Crippen LogP) is 7.63. The van der Waals surface area contributed by atoms with Gasteiger partial charge in [-0.3, -0.25) is 14.4 Å². The Morgan fingerprint density at radius 3 is 1.82 bits per heavy atom. The summed E-state index contributed by atoms with van der Waals surface area (Å²) in [6.07, 6.45) is 10.9. The third-order valence-corrected chi connectivity index (χ3v) is 10.8. The highest BCUT2D eigenvalue weighted by Crippen LogP contribution is 2.20. The SMILES string of the molecule is CCCCCCCCCCCCCCC(OC)C(=O)NCCN(COC(F)(F)F)Cc1ccc(CC[Si](OC)(OC)OC)cc1. The van der Waals surface area contributed by atoms with Crippen molar-refractivity contribution in [2.24, 2.45) is 0 Å². The molecule has 0 aromatic heterocycles. The molecule has 1 amide bonds. The Balaban J connectivity index is 2.45. The zero-order valence-corrected chi connectivity index (χ0v) is 29.4. The van der Waals surface area contributed by atoms with Gasteiger partial charge >= 0.3 is 15.2 Å². The lowest BCUT2D eigenvalue weighted by atomic mass is 10.0. The van der Waals surface area contributed by atoms with E-state index in [0.717, 1.165) is 30.4 Å². The quantitative estimate of drug-likeness (QED) is 0.0561. The Labute approximate surface area is 271 Å². The smallest absolute Gasteiger partial charge is 0.377 e. The first-order valence-electron chi connectivity index (χ1n) is 16.6. The van der Waals surface area contributed by atoms with Crippen molar-refractivity contribution in [3.8, 4) is 0 Å². The average Bonchev–Trinajstić information content (AvgIpc) is 3.03. The summed E-state index contributed by atoms with van der Waals surface area (Å²) in [5.41, 5.74) is 1.86. The molecule has 1 aromatic rings. The maximum atomic E-state index is 12.8. The summed E-state index contributed by atoms with van der Waals surface area (Å²) in [5.74, 6) is -0.246. The highest BCUT2D eigenvalue weighted by Gasteiger charge is 2.37. The van der Waals surface area contributed by atoms with E-state index in [-0.39, 0.29) is 25.5 Å². The third kappa shape index (κ3) is 19.7. The molecule has 8 nitrogen and oxygen atoms in total. The number of hydrogen-bond donors (Lipinski definition) is 1. The highest BCUT2D eigenvalue weighted by atomic mass is 28.4. The minimum absolute atomic E-state index is 0.175. The van der Waals surface area contributed by atoms with Crippen molar-refractivity contribution in [1.29, 1.82) is 0 Å². The lowest BCUT2D eigenvalue weighted by Gasteiger charge is -2.24. The van der Waals surface area contributed by atoms with Crippen LogP contribution in [0, 0.1) is 0 Å². The molecule has 1 aromatic carbocycles. The van der Waals surface area contributed by atoms with Gasteiger partial charge in [-0.25, -0.2) is 0 Å². The number of benzene rings is 1. The molecular weight excluding hydrogens is 605 g/mol. The van der Waals surface area contributed by atoms with Crippen molar-refractivity contribution in [3.63, 3.8) is 0 Å². The molecule has 0 bridgehead atoms. The van der Waals surface area contributed by atoms with Crippen LogP contribution in [-0.4, -0.2) is 80.3 Å². The molecule has 1 rings (SSSR count). The molecule has 1 N–H and O–H groups in total. The second-order valence-electron chi connectivity index (χ2n) is 11.6. The summed E-state index contributed by atoms with van der Waals surface area (Å²) >= 11 is 0. The number of carbonyl (C=O) groups is 1. The zero-order valence-electron chi connectivity index (χ0n) is 28.4. The first kappa shape index (κ1) is 41.5. The van der Waals surface area contributed by atoms with Gasteiger partial charge in [-0.15, -0.1) is 13.2 Å². The maximum absolute atomic E-state index is 12.8. The van der Waals surface area contributed by atoms with Crippen LogP contribution in [0.25, 0.3) is 0 Å². The molecule has 1 unspecified atom stereocenters. The molecule has 0 aliphatic carbocycles. The van der Waals surface area contributed by atoms with Gasteiger partial charge in [0.15, 0.2) is 0 Å². The van der Waals surface area contributed by atoms with Crippen LogP contribution < -0.4 is 5.32 Å². The van der Waals surface area contributed by atoms with Crippen molar-refractivity contribution >= 4 is 14.7 Å². The van der Waals surface area contributed by atoms with Gasteiger partial charge in [0, 0.05) is 54.1 Å². The molecule has 0 fully saturated rings. The number of halogens is 3. The van der Waals surface area contributed by atoms with Gasteiger partial charge in [0.05, 0.1) is 0 Å². The van der Waals surface area contributed by atoms with Crippen LogP contribution in [-0.2, 0) is 40.5 Å². The molecule has 0 spiro atoms. The van der Waals surface area contributed by atoms with Crippen molar-refractivity contribution in [1.82, 2.24) is 10.2 Å². The fraction of sp³-hybridized carbons (Fsp3) is 0.788. The van der Waals surface area contributed by atoms with Gasteiger partial charge in [-0.05, 0) is 24.0 Å². The van der Waals surface area contributed by atoms with Crippen LogP contribution in [0.15, 0.2) is 24.3 Å². The highest BCUT2D eigenvalue weighted by molar-refractivity contribution is 6.60. The summed E-state index contributed by atoms with van der Waals surface area (Å²) in [4.78, 5) is 14.2. The Morgan fingerprint density at radius 2 is 1.33 bits per heavy atom. The number of amides is 1. The Bertz CT molecular complexity index is 867. The first-order valence-corrected chi connectivity index (χ1v) is 18.5. The predicted molar refractivity (Wildman–Crippen MR) is 174 cm³/mol. The molecule has 262 valence electrons. The topological polar surface area (TPSA) is 78.5 Å². The summed E-state index contributed by atoms with van der Waals surface area (Å²) in [5, 5.41) is 2.82. The Morgan fingerprint density at radius 1 is 0.822 bits per heavy atom. The van der Waals surface area contributed by atoms with Gasteiger partial charge in [0.2, 0.25) is 5.91 Å². The molecule has 0 heterocycles. The number of unbranched alkanes of at least 4 members (excludes halogenated alkanes) is 11. The van der Waals surface area contributed by atoms with Crippen LogP contribution >= 0.6 is 0 Å². The van der Waals surface area contributed by atoms with E-state index >= 15 is 0 Å². The van der Waals surface area contributed by atoms with E-state index in [1.54, 1.807) is 21.3 Å². The molecule has 0 aliphatic rings. The van der Waals surface area contributed by atoms with E-state index in [4.69, 9.17) is 18.0 Å². The number of rotatable bonds is 28. The van der Waals surface area contributed by atoms with Crippen LogP contribution in [0.4, 0.5) is 13.2 Å². The molecule has 1 atom stereocenters. The number of aryl methyl sites for hydroxylation is 1. The monoisotopic (exact) mass is 664 g/mol. The van der Waals surface area contributed by atoms with Gasteiger partial charge in [-0.1, -0.05) is 108 Å². The third-order valence-electron chi connectivity index (χ3n) is 8.12. The number of alkyl halides is 3. The minimum Gasteiger partial charge on any atom is -0.377 e. The number of hydrogen-bond acceptors (Lipinski definition) is 7. The molecular formula is C33H59F3N2O6Si. The van der Waals surface area contributed by atoms with Crippen molar-refractivity contribution in [3.05, 3.63) is 35.4 Å². The van der Waals surface area contributed by atoms with E-state index in [9.17, 15) is 18.0 Å². The lowest BCUT2D eigenvalue weighted by Crippen LogP contribution is -2.43. The summed E-state index contributed by atoms with van der Waals surface area (Å²) in [6, 6.07) is 8.21. The molecule has 45 heavy (non-hydrogen) atoms. The largest absolute Gasteiger partial charge is 0.523 e. The Hall–Kier alpha value is -1.54. The number of nitrogens with one attached hydrogen (secondary N) is 1. The molecule has 0 radical (unpaired) electrons. The first-order chi connectivity index (χ1) is 21.6. The van der Waals surface area contributed by atoms with Crippen LogP contribution in [0.1, 0.15) is 102 Å². The number of ether oxygens (including phenoxy) is 2. The van der Waals surface area contributed by atoms with Gasteiger partial charge in [0.1, 0.15) is 12.8 Å². The second-order valence-corrected chi connectivity index (χ2v) is 14.7. The fourth-order valence-corrected chi connectivity index (χ4v) is 6.96. The van der Waals surface area contributed by atoms with Crippen LogP contribution in [0.5, 0.6) is 0 Å². The second kappa shape index (κ2) is 24.6. The standard InChI is InChI=1S/C33H59F3N2O6Si/c1-6-7-8-9-10-11-12-13-14-15-16-17-18-31(40-2)32(39)37-24-25-38(28-44-33(34,35)36)27-30-21-19-29(20-22-30)23-26-45(41-3,42-4)43-5/h19-22,31H,6-18,23-28H2,1-5H3,(H,37,39). The molecule has 0 saturated carbocycles. The fourth-order valence-electron chi connectivity index (χ4n) is 5.25. The van der Waals surface area contributed by atoms with E-state index in [1.807, 2.05) is 24.3 Å². The molecule has 12 heteroatoms. The number of carbonyl (C=O) groups excluding carboxylic acids is 1. The number of nitrogens with zero attached hydrogens (tertiary/aromatic N) is 1. The van der Waals surface area contributed by atoms with Crippen molar-refractivity contribution < 1.29 is 40.7 Å². The van der Waals surface area contributed by atoms with Crippen LogP contribution in [0.2, 0.25) is 6.04 Å². The van der Waals surface area contributed by atoms with E-state index in [1.165, 1.54) is 69.8 Å². The summed E-state index contributed by atoms with van der Waals surface area (Å²) in [7, 11) is 3.51. The van der Waals surface area contributed by atoms with Gasteiger partial charge < -0.3 is 23.3 Å². The van der Waals surface area contributed by atoms with Crippen LogP contribution in [0.3, 0.4) is 0 Å². The summed E-state index contributed by atoms with van der Waals surface area (Å²) < 4.78 is 64.4. The van der Waals surface area contributed by atoms with Gasteiger partial charge in [0.25, 0.3) is 0 Å². The van der Waals surface area contributed by atoms with Crippen molar-refractivity contribution in [2.45, 2.75) is 122 Å². The molecule has 0 saturated heterocycles. The van der Waals surface area contributed by atoms with Gasteiger partial charge in [-0.2, -0.15) is 0 Å². The zero-order chi connectivity index (χ0) is 33.4. The normalized spacial score (nSPS) is 13.0. The Kier molecular flexibility index (Phi) is 22.7. The minimum atomic E-state index is -4.75. The van der Waals surface area contributed by atoms with E-state index in [2.05, 4.69) is 17.0 Å². The van der Waals surface area contributed by atoms with E-state index < -0.39 is 28.0 Å². The molecule has 0 aliphatic heterocycles. The summed E-state index contributed by atoms with van der Waals surface area (Å²) in [6.45, 7) is 2.18. The van der Waals surface area contributed by atoms with Crippen molar-refractivity contribution in [2.75, 3.05) is 48.3 Å². The average molecular weight is 665 g/mol. The maximum Gasteiger partial charge on any atom is 0.523 e. The van der Waals surface area contributed by atoms with E-state index in [0.29, 0.717) is 18.9 Å². The lowest BCUT2D eigenvalue weighted by molar-refractivity contribution is -0.337. The number of methoxy groups -OCH3 is 1.